The lowest BCUT2D eigenvalue weighted by atomic mass is 10.1. The Morgan fingerprint density at radius 3 is 2.31 bits per heavy atom. The molecule has 0 bridgehead atoms. The van der Waals surface area contributed by atoms with Crippen LogP contribution in [-0.4, -0.2) is 31.0 Å². The number of nitro benzene ring substituents is 1. The molecule has 2 aromatic carbocycles. The Kier molecular flexibility index (Phi) is 7.65. The van der Waals surface area contributed by atoms with Crippen molar-refractivity contribution in [3.05, 3.63) is 69.8 Å². The molecule has 1 saturated heterocycles. The first-order chi connectivity index (χ1) is 14.2. The first-order valence-electron chi connectivity index (χ1n) is 9.39. The van der Waals surface area contributed by atoms with Crippen molar-refractivity contribution in [3.63, 3.8) is 0 Å². The highest BCUT2D eigenvalue weighted by atomic mass is 16.7. The minimum absolute atomic E-state index is 0.0231. The molecule has 148 valence electrons. The molecule has 0 aromatic heterocycles. The number of benzene rings is 2. The number of non-ortho nitro benzene ring substituents is 1. The lowest BCUT2D eigenvalue weighted by Crippen LogP contribution is -2.22. The van der Waals surface area contributed by atoms with Crippen molar-refractivity contribution in [3.8, 4) is 29.4 Å². The Morgan fingerprint density at radius 1 is 1.00 bits per heavy atom. The monoisotopic (exact) mass is 391 g/mol. The molecule has 0 N–H and O–H groups in total. The smallest absolute Gasteiger partial charge is 0.269 e. The second-order valence-electron chi connectivity index (χ2n) is 6.30. The molecule has 29 heavy (non-hydrogen) atoms. The van der Waals surface area contributed by atoms with Gasteiger partial charge in [0.2, 0.25) is 0 Å². The summed E-state index contributed by atoms with van der Waals surface area (Å²) >= 11 is 0. The van der Waals surface area contributed by atoms with Gasteiger partial charge >= 0.3 is 0 Å². The highest BCUT2D eigenvalue weighted by Gasteiger charge is 2.12. The number of ether oxygens (including phenoxy) is 3. The summed E-state index contributed by atoms with van der Waals surface area (Å²) in [6.07, 6.45) is 2.98. The summed E-state index contributed by atoms with van der Waals surface area (Å²) < 4.78 is 16.6. The summed E-state index contributed by atoms with van der Waals surface area (Å²) in [7, 11) is 0. The van der Waals surface area contributed by atoms with Crippen LogP contribution in [0.4, 0.5) is 5.69 Å². The van der Waals surface area contributed by atoms with E-state index in [0.29, 0.717) is 12.4 Å². The summed E-state index contributed by atoms with van der Waals surface area (Å²) in [6.45, 7) is 1.23. The van der Waals surface area contributed by atoms with Crippen molar-refractivity contribution in [1.82, 2.24) is 0 Å². The van der Waals surface area contributed by atoms with Crippen molar-refractivity contribution >= 4 is 5.69 Å². The Morgan fingerprint density at radius 2 is 1.69 bits per heavy atom. The molecule has 0 amide bonds. The van der Waals surface area contributed by atoms with E-state index in [0.717, 1.165) is 37.0 Å². The average molecular weight is 391 g/mol. The second-order valence-corrected chi connectivity index (χ2v) is 6.30. The van der Waals surface area contributed by atoms with Gasteiger partial charge in [0.15, 0.2) is 6.29 Å². The maximum Gasteiger partial charge on any atom is 0.269 e. The van der Waals surface area contributed by atoms with Gasteiger partial charge in [-0.25, -0.2) is 0 Å². The summed E-state index contributed by atoms with van der Waals surface area (Å²) in [5, 5.41) is 10.7. The highest BCUT2D eigenvalue weighted by molar-refractivity contribution is 5.50. The SMILES string of the molecule is O=[N+]([O-])c1ccc(OCC#Cc2ccccc2C#CCOC2CCCCO2)cc1. The van der Waals surface area contributed by atoms with Crippen LogP contribution < -0.4 is 4.74 Å². The van der Waals surface area contributed by atoms with Crippen LogP contribution >= 0.6 is 0 Å². The molecule has 6 nitrogen and oxygen atoms in total. The fraction of sp³-hybridized carbons (Fsp3) is 0.304. The van der Waals surface area contributed by atoms with E-state index < -0.39 is 4.92 Å². The van der Waals surface area contributed by atoms with Gasteiger partial charge in [-0.1, -0.05) is 35.8 Å². The average Bonchev–Trinajstić information content (AvgIpc) is 2.76. The fourth-order valence-electron chi connectivity index (χ4n) is 2.72. The van der Waals surface area contributed by atoms with Gasteiger partial charge in [-0.05, 0) is 43.5 Å². The van der Waals surface area contributed by atoms with Gasteiger partial charge in [-0.3, -0.25) is 10.1 Å². The summed E-state index contributed by atoms with van der Waals surface area (Å²) in [5.41, 5.74) is 1.65. The van der Waals surface area contributed by atoms with Crippen molar-refractivity contribution in [2.24, 2.45) is 0 Å². The molecule has 1 aliphatic heterocycles. The van der Waals surface area contributed by atoms with E-state index in [4.69, 9.17) is 14.2 Å². The van der Waals surface area contributed by atoms with Gasteiger partial charge < -0.3 is 14.2 Å². The Hall–Kier alpha value is -3.32. The van der Waals surface area contributed by atoms with Crippen LogP contribution in [0.3, 0.4) is 0 Å². The lowest BCUT2D eigenvalue weighted by Gasteiger charge is -2.21. The summed E-state index contributed by atoms with van der Waals surface area (Å²) in [4.78, 5) is 10.2. The van der Waals surface area contributed by atoms with Gasteiger partial charge in [0, 0.05) is 29.9 Å². The third-order valence-electron chi connectivity index (χ3n) is 4.21. The number of rotatable bonds is 5. The van der Waals surface area contributed by atoms with Crippen molar-refractivity contribution in [2.75, 3.05) is 19.8 Å². The first-order valence-corrected chi connectivity index (χ1v) is 9.39. The molecule has 1 fully saturated rings. The minimum Gasteiger partial charge on any atom is -0.481 e. The van der Waals surface area contributed by atoms with Gasteiger partial charge in [-0.15, -0.1) is 0 Å². The molecule has 0 aliphatic carbocycles. The Bertz CT molecular complexity index is 941. The molecule has 1 aliphatic rings. The largest absolute Gasteiger partial charge is 0.481 e. The van der Waals surface area contributed by atoms with Gasteiger partial charge in [-0.2, -0.15) is 0 Å². The zero-order chi connectivity index (χ0) is 20.3. The number of hydrogen-bond acceptors (Lipinski definition) is 5. The molecule has 0 spiro atoms. The Labute approximate surface area is 169 Å². The molecule has 6 heteroatoms. The molecule has 2 aromatic rings. The molecule has 1 unspecified atom stereocenters. The molecule has 3 rings (SSSR count). The lowest BCUT2D eigenvalue weighted by molar-refractivity contribution is -0.384. The molecule has 1 heterocycles. The highest BCUT2D eigenvalue weighted by Crippen LogP contribution is 2.17. The zero-order valence-electron chi connectivity index (χ0n) is 15.9. The van der Waals surface area contributed by atoms with Gasteiger partial charge in [0.05, 0.1) is 4.92 Å². The standard InChI is InChI=1S/C23H21NO5/c25-24(26)21-12-14-22(15-13-21)27-17-5-9-19-7-1-2-8-20(19)10-6-18-29-23-11-3-4-16-28-23/h1-2,7-8,12-15,23H,3-4,11,16-18H2. The van der Waals surface area contributed by atoms with Crippen molar-refractivity contribution in [1.29, 1.82) is 0 Å². The number of hydrogen-bond donors (Lipinski definition) is 0. The molecule has 1 atom stereocenters. The quantitative estimate of drug-likeness (QED) is 0.439. The number of nitro groups is 1. The van der Waals surface area contributed by atoms with Crippen LogP contribution in [0.15, 0.2) is 48.5 Å². The van der Waals surface area contributed by atoms with E-state index in [1.807, 2.05) is 24.3 Å². The predicted molar refractivity (Wildman–Crippen MR) is 108 cm³/mol. The fourth-order valence-corrected chi connectivity index (χ4v) is 2.72. The van der Waals surface area contributed by atoms with Crippen molar-refractivity contribution < 1.29 is 19.1 Å². The van der Waals surface area contributed by atoms with E-state index in [9.17, 15) is 10.1 Å². The second kappa shape index (κ2) is 10.9. The first kappa shape index (κ1) is 20.4. The van der Waals surface area contributed by atoms with Crippen molar-refractivity contribution in [2.45, 2.75) is 25.6 Å². The topological polar surface area (TPSA) is 70.8 Å². The third-order valence-corrected chi connectivity index (χ3v) is 4.21. The molecule has 0 saturated carbocycles. The van der Waals surface area contributed by atoms with E-state index in [2.05, 4.69) is 23.7 Å². The summed E-state index contributed by atoms with van der Waals surface area (Å²) in [5.74, 6) is 12.6. The normalized spacial score (nSPS) is 15.4. The van der Waals surface area contributed by atoms with E-state index >= 15 is 0 Å². The van der Waals surface area contributed by atoms with Crippen LogP contribution in [0.5, 0.6) is 5.75 Å². The maximum atomic E-state index is 10.7. The van der Waals surface area contributed by atoms with E-state index in [1.54, 1.807) is 12.1 Å². The van der Waals surface area contributed by atoms with E-state index in [1.165, 1.54) is 12.1 Å². The van der Waals surface area contributed by atoms with Crippen LogP contribution in [0.2, 0.25) is 0 Å². The summed E-state index contributed by atoms with van der Waals surface area (Å²) in [6, 6.07) is 13.5. The minimum atomic E-state index is -0.450. The maximum absolute atomic E-state index is 10.7. The van der Waals surface area contributed by atoms with Crippen LogP contribution in [-0.2, 0) is 9.47 Å². The van der Waals surface area contributed by atoms with Crippen LogP contribution in [0.25, 0.3) is 0 Å². The van der Waals surface area contributed by atoms with Gasteiger partial charge in [0.25, 0.3) is 5.69 Å². The van der Waals surface area contributed by atoms with Gasteiger partial charge in [0.1, 0.15) is 19.0 Å². The zero-order valence-corrected chi connectivity index (χ0v) is 15.9. The predicted octanol–water partition coefficient (Wildman–Crippen LogP) is 3.92. The van der Waals surface area contributed by atoms with E-state index in [-0.39, 0.29) is 18.6 Å². The molecular weight excluding hydrogens is 370 g/mol. The molecule has 0 radical (unpaired) electrons. The molecular formula is C23H21NO5. The third kappa shape index (κ3) is 6.65. The van der Waals surface area contributed by atoms with Crippen LogP contribution in [0, 0.1) is 33.8 Å². The van der Waals surface area contributed by atoms with Crippen LogP contribution in [0.1, 0.15) is 30.4 Å². The number of nitrogens with zero attached hydrogens (tertiary/aromatic N) is 1. The Balaban J connectivity index is 1.52.